The average Bonchev–Trinajstić information content (AvgIpc) is 2.88. The zero-order valence-corrected chi connectivity index (χ0v) is 20.7. The van der Waals surface area contributed by atoms with Crippen molar-refractivity contribution in [2.75, 3.05) is 0 Å². The average molecular weight is 487 g/mol. The van der Waals surface area contributed by atoms with Gasteiger partial charge in [-0.2, -0.15) is 0 Å². The van der Waals surface area contributed by atoms with Crippen molar-refractivity contribution in [2.45, 2.75) is 65.2 Å². The SMILES string of the molecule is CCCCCC(=O)OC1=C2C(=O)c3ccccc3C(OC(=O)CCCCC)=C2C(=O)c2ccccc21. The molecule has 0 aromatic heterocycles. The fourth-order valence-electron chi connectivity index (χ4n) is 4.54. The van der Waals surface area contributed by atoms with Gasteiger partial charge in [0.2, 0.25) is 0 Å². The monoisotopic (exact) mass is 486 g/mol. The summed E-state index contributed by atoms with van der Waals surface area (Å²) in [7, 11) is 0. The lowest BCUT2D eigenvalue weighted by molar-refractivity contribution is -0.137. The fraction of sp³-hybridized carbons (Fsp3) is 0.333. The van der Waals surface area contributed by atoms with Gasteiger partial charge < -0.3 is 9.47 Å². The molecule has 0 fully saturated rings. The minimum absolute atomic E-state index is 0.0300. The largest absolute Gasteiger partial charge is 0.425 e. The molecule has 4 rings (SSSR count). The number of Topliss-reactive ketones (excluding diaryl/α,β-unsaturated/α-hetero) is 2. The van der Waals surface area contributed by atoms with Crippen LogP contribution in [0, 0.1) is 0 Å². The topological polar surface area (TPSA) is 86.7 Å². The molecule has 0 amide bonds. The van der Waals surface area contributed by atoms with Gasteiger partial charge in [0, 0.05) is 35.1 Å². The van der Waals surface area contributed by atoms with Gasteiger partial charge in [0.15, 0.2) is 23.1 Å². The summed E-state index contributed by atoms with van der Waals surface area (Å²) in [5.74, 6) is -1.74. The summed E-state index contributed by atoms with van der Waals surface area (Å²) in [6, 6.07) is 13.4. The Labute approximate surface area is 211 Å². The molecule has 2 aliphatic rings. The highest BCUT2D eigenvalue weighted by Gasteiger charge is 2.43. The van der Waals surface area contributed by atoms with Gasteiger partial charge in [-0.3, -0.25) is 19.2 Å². The smallest absolute Gasteiger partial charge is 0.311 e. The lowest BCUT2D eigenvalue weighted by atomic mass is 9.76. The number of ether oxygens (including phenoxy) is 2. The number of carbonyl (C=O) groups excluding carboxylic acids is 4. The highest BCUT2D eigenvalue weighted by molar-refractivity contribution is 6.34. The molecule has 2 aromatic carbocycles. The Bertz CT molecular complexity index is 1180. The molecule has 0 heterocycles. The highest BCUT2D eigenvalue weighted by Crippen LogP contribution is 2.45. The number of carbonyl (C=O) groups is 4. The van der Waals surface area contributed by atoms with Gasteiger partial charge >= 0.3 is 11.9 Å². The number of fused-ring (bicyclic) bond motifs is 3. The van der Waals surface area contributed by atoms with Gasteiger partial charge in [-0.15, -0.1) is 0 Å². The third-order valence-electron chi connectivity index (χ3n) is 6.39. The number of unbranched alkanes of at least 4 members (excludes halogenated alkanes) is 4. The molecule has 0 unspecified atom stereocenters. The number of hydrogen-bond acceptors (Lipinski definition) is 6. The van der Waals surface area contributed by atoms with Crippen LogP contribution in [0.25, 0.3) is 11.5 Å². The van der Waals surface area contributed by atoms with Gasteiger partial charge in [0.25, 0.3) is 0 Å². The van der Waals surface area contributed by atoms with Crippen molar-refractivity contribution >= 4 is 35.0 Å². The van der Waals surface area contributed by atoms with E-state index in [0.29, 0.717) is 35.1 Å². The third kappa shape index (κ3) is 4.94. The Morgan fingerprint density at radius 2 is 0.944 bits per heavy atom. The molecule has 0 atom stereocenters. The van der Waals surface area contributed by atoms with Crippen molar-refractivity contribution in [3.8, 4) is 0 Å². The van der Waals surface area contributed by atoms with Crippen LogP contribution in [-0.4, -0.2) is 23.5 Å². The van der Waals surface area contributed by atoms with E-state index in [1.54, 1.807) is 48.5 Å². The molecule has 186 valence electrons. The highest BCUT2D eigenvalue weighted by atomic mass is 16.5. The summed E-state index contributed by atoms with van der Waals surface area (Å²) in [4.78, 5) is 53.0. The van der Waals surface area contributed by atoms with Crippen LogP contribution in [-0.2, 0) is 19.1 Å². The summed E-state index contributed by atoms with van der Waals surface area (Å²) in [6.07, 6.45) is 5.39. The molecule has 0 saturated carbocycles. The maximum Gasteiger partial charge on any atom is 0.311 e. The van der Waals surface area contributed by atoms with Crippen molar-refractivity contribution < 1.29 is 28.7 Å². The molecular formula is C30H30O6. The Balaban J connectivity index is 1.88. The van der Waals surface area contributed by atoms with E-state index in [4.69, 9.17) is 9.47 Å². The number of esters is 2. The molecule has 0 spiro atoms. The van der Waals surface area contributed by atoms with E-state index >= 15 is 0 Å². The zero-order valence-electron chi connectivity index (χ0n) is 20.7. The Hall–Kier alpha value is -3.80. The van der Waals surface area contributed by atoms with E-state index in [-0.39, 0.29) is 35.5 Å². The van der Waals surface area contributed by atoms with Gasteiger partial charge in [0.1, 0.15) is 0 Å². The molecule has 36 heavy (non-hydrogen) atoms. The predicted molar refractivity (Wildman–Crippen MR) is 136 cm³/mol. The van der Waals surface area contributed by atoms with Crippen LogP contribution < -0.4 is 0 Å². The molecule has 2 aliphatic carbocycles. The van der Waals surface area contributed by atoms with Crippen molar-refractivity contribution in [1.82, 2.24) is 0 Å². The van der Waals surface area contributed by atoms with Crippen molar-refractivity contribution in [2.24, 2.45) is 0 Å². The quantitative estimate of drug-likeness (QED) is 0.283. The second kappa shape index (κ2) is 11.3. The first-order chi connectivity index (χ1) is 17.5. The number of benzene rings is 2. The molecule has 2 aromatic rings. The predicted octanol–water partition coefficient (Wildman–Crippen LogP) is 6.45. The van der Waals surface area contributed by atoms with E-state index < -0.39 is 23.5 Å². The third-order valence-corrected chi connectivity index (χ3v) is 6.39. The van der Waals surface area contributed by atoms with Crippen LogP contribution in [0.5, 0.6) is 0 Å². The fourth-order valence-corrected chi connectivity index (χ4v) is 4.54. The first-order valence-electron chi connectivity index (χ1n) is 12.7. The van der Waals surface area contributed by atoms with Crippen LogP contribution in [0.2, 0.25) is 0 Å². The molecule has 0 N–H and O–H groups in total. The Kier molecular flexibility index (Phi) is 7.93. The van der Waals surface area contributed by atoms with Gasteiger partial charge in [-0.1, -0.05) is 88.1 Å². The minimum Gasteiger partial charge on any atom is -0.425 e. The minimum atomic E-state index is -0.473. The van der Waals surface area contributed by atoms with Crippen LogP contribution >= 0.6 is 0 Å². The van der Waals surface area contributed by atoms with Gasteiger partial charge in [-0.25, -0.2) is 0 Å². The molecule has 0 saturated heterocycles. The zero-order chi connectivity index (χ0) is 25.7. The maximum atomic E-state index is 13.7. The van der Waals surface area contributed by atoms with Gasteiger partial charge in [-0.05, 0) is 12.8 Å². The molecule has 6 heteroatoms. The van der Waals surface area contributed by atoms with E-state index in [9.17, 15) is 19.2 Å². The van der Waals surface area contributed by atoms with Crippen molar-refractivity contribution in [1.29, 1.82) is 0 Å². The Morgan fingerprint density at radius 1 is 0.583 bits per heavy atom. The molecule has 0 aliphatic heterocycles. The molecular weight excluding hydrogens is 456 g/mol. The van der Waals surface area contributed by atoms with Crippen molar-refractivity contribution in [3.05, 3.63) is 81.9 Å². The number of allylic oxidation sites excluding steroid dienone is 2. The summed E-state index contributed by atoms with van der Waals surface area (Å²) >= 11 is 0. The second-order valence-electron chi connectivity index (χ2n) is 9.02. The number of ketones is 2. The lowest BCUT2D eigenvalue weighted by Crippen LogP contribution is -2.28. The first kappa shape index (κ1) is 25.3. The Morgan fingerprint density at radius 3 is 1.31 bits per heavy atom. The summed E-state index contributed by atoms with van der Waals surface area (Å²) in [5.41, 5.74) is 1.28. The summed E-state index contributed by atoms with van der Waals surface area (Å²) in [5, 5.41) is 0. The van der Waals surface area contributed by atoms with E-state index in [1.807, 2.05) is 13.8 Å². The van der Waals surface area contributed by atoms with Crippen LogP contribution in [0.15, 0.2) is 59.7 Å². The standard InChI is InChI=1S/C30H30O6/c1-3-5-7-17-23(31)35-29-21-15-11-9-13-19(21)28(34)26-25(29)27(33)20-14-10-12-16-22(20)30(26)36-24(32)18-8-6-4-2/h9-16H,3-8,17-18H2,1-2H3. The van der Waals surface area contributed by atoms with Crippen LogP contribution in [0.1, 0.15) is 97.1 Å². The van der Waals surface area contributed by atoms with Crippen LogP contribution in [0.4, 0.5) is 0 Å². The number of rotatable bonds is 10. The van der Waals surface area contributed by atoms with Crippen molar-refractivity contribution in [3.63, 3.8) is 0 Å². The second-order valence-corrected chi connectivity index (χ2v) is 9.02. The van der Waals surface area contributed by atoms with E-state index in [2.05, 4.69) is 0 Å². The maximum absolute atomic E-state index is 13.7. The molecule has 0 radical (unpaired) electrons. The van der Waals surface area contributed by atoms with E-state index in [0.717, 1.165) is 25.7 Å². The molecule has 6 nitrogen and oxygen atoms in total. The summed E-state index contributed by atoms with van der Waals surface area (Å²) in [6.45, 7) is 4.08. The number of hydrogen-bond donors (Lipinski definition) is 0. The van der Waals surface area contributed by atoms with Gasteiger partial charge in [0.05, 0.1) is 11.1 Å². The van der Waals surface area contributed by atoms with Crippen LogP contribution in [0.3, 0.4) is 0 Å². The lowest BCUT2D eigenvalue weighted by Gasteiger charge is -2.29. The first-order valence-corrected chi connectivity index (χ1v) is 12.7. The van der Waals surface area contributed by atoms with E-state index in [1.165, 1.54) is 0 Å². The summed E-state index contributed by atoms with van der Waals surface area (Å²) < 4.78 is 11.6. The normalized spacial score (nSPS) is 14.3. The molecule has 0 bridgehead atoms.